The van der Waals surface area contributed by atoms with E-state index in [0.29, 0.717) is 10.9 Å². The van der Waals surface area contributed by atoms with Gasteiger partial charge in [-0.1, -0.05) is 65.6 Å². The van der Waals surface area contributed by atoms with Crippen molar-refractivity contribution in [3.63, 3.8) is 0 Å². The highest BCUT2D eigenvalue weighted by Crippen LogP contribution is 2.38. The van der Waals surface area contributed by atoms with Gasteiger partial charge in [-0.05, 0) is 41.7 Å². The van der Waals surface area contributed by atoms with Gasteiger partial charge in [0.2, 0.25) is 0 Å². The first-order valence-electron chi connectivity index (χ1n) is 7.07. The molecule has 0 aromatic heterocycles. The molecule has 2 rings (SSSR count). The quantitative estimate of drug-likeness (QED) is 0.586. The molecule has 0 saturated heterocycles. The molecule has 0 N–H and O–H groups in total. The summed E-state index contributed by atoms with van der Waals surface area (Å²) in [6, 6.07) is 14.4. The minimum Gasteiger partial charge on any atom is -0.496 e. The van der Waals surface area contributed by atoms with Crippen molar-refractivity contribution >= 4 is 27.5 Å². The minimum atomic E-state index is 0.0687. The molecule has 0 radical (unpaired) electrons. The molecular formula is C18H20BrClO. The maximum absolute atomic E-state index is 6.11. The summed E-state index contributed by atoms with van der Waals surface area (Å²) < 4.78 is 5.43. The Bertz CT molecular complexity index is 593. The van der Waals surface area contributed by atoms with Crippen molar-refractivity contribution in [3.05, 3.63) is 64.2 Å². The first-order valence-corrected chi connectivity index (χ1v) is 8.37. The zero-order valence-electron chi connectivity index (χ0n) is 12.6. The molecule has 0 bridgehead atoms. The monoisotopic (exact) mass is 366 g/mol. The predicted molar refractivity (Wildman–Crippen MR) is 93.8 cm³/mol. The van der Waals surface area contributed by atoms with Crippen LogP contribution >= 0.6 is 27.5 Å². The minimum absolute atomic E-state index is 0.0687. The van der Waals surface area contributed by atoms with Crippen molar-refractivity contribution < 1.29 is 4.74 Å². The molecule has 0 spiro atoms. The molecule has 0 aliphatic rings. The molecule has 0 heterocycles. The Balaban J connectivity index is 2.27. The maximum Gasteiger partial charge on any atom is 0.123 e. The number of ether oxygens (including phenoxy) is 1. The van der Waals surface area contributed by atoms with Crippen molar-refractivity contribution in [3.8, 4) is 5.75 Å². The van der Waals surface area contributed by atoms with Gasteiger partial charge in [0, 0.05) is 10.6 Å². The van der Waals surface area contributed by atoms with Crippen LogP contribution in [0.15, 0.2) is 42.5 Å². The lowest BCUT2D eigenvalue weighted by molar-refractivity contribution is 0.410. The average Bonchev–Trinajstić information content (AvgIpc) is 2.46. The van der Waals surface area contributed by atoms with Gasteiger partial charge < -0.3 is 4.74 Å². The normalized spacial score (nSPS) is 12.5. The van der Waals surface area contributed by atoms with E-state index in [1.807, 2.05) is 18.2 Å². The summed E-state index contributed by atoms with van der Waals surface area (Å²) in [7, 11) is 1.68. The van der Waals surface area contributed by atoms with E-state index in [1.165, 1.54) is 11.1 Å². The molecule has 0 fully saturated rings. The van der Waals surface area contributed by atoms with E-state index in [4.69, 9.17) is 16.3 Å². The van der Waals surface area contributed by atoms with E-state index < -0.39 is 0 Å². The molecule has 1 nitrogen and oxygen atoms in total. The lowest BCUT2D eigenvalue weighted by Crippen LogP contribution is -1.98. The first kappa shape index (κ1) is 16.4. The Morgan fingerprint density at radius 1 is 1.10 bits per heavy atom. The van der Waals surface area contributed by atoms with Gasteiger partial charge in [0.05, 0.1) is 11.9 Å². The lowest BCUT2D eigenvalue weighted by atomic mass is 9.99. The van der Waals surface area contributed by atoms with Crippen LogP contribution in [0, 0.1) is 5.92 Å². The van der Waals surface area contributed by atoms with Crippen LogP contribution < -0.4 is 4.74 Å². The third kappa shape index (κ3) is 4.24. The van der Waals surface area contributed by atoms with Gasteiger partial charge in [0.1, 0.15) is 5.75 Å². The second-order valence-electron chi connectivity index (χ2n) is 5.59. The van der Waals surface area contributed by atoms with Crippen molar-refractivity contribution in [2.75, 3.05) is 7.11 Å². The molecule has 1 atom stereocenters. The molecule has 2 aromatic rings. The van der Waals surface area contributed by atoms with Crippen LogP contribution in [-0.4, -0.2) is 7.11 Å². The van der Waals surface area contributed by atoms with Crippen LogP contribution in [-0.2, 0) is 6.42 Å². The van der Waals surface area contributed by atoms with E-state index in [2.05, 4.69) is 54.0 Å². The first-order chi connectivity index (χ1) is 10.0. The zero-order chi connectivity index (χ0) is 15.4. The summed E-state index contributed by atoms with van der Waals surface area (Å²) in [4.78, 5) is 0.0687. The molecule has 2 aromatic carbocycles. The maximum atomic E-state index is 6.11. The van der Waals surface area contributed by atoms with Gasteiger partial charge in [0.15, 0.2) is 0 Å². The van der Waals surface area contributed by atoms with E-state index in [1.54, 1.807) is 7.11 Å². The average molecular weight is 368 g/mol. The van der Waals surface area contributed by atoms with Crippen molar-refractivity contribution in [1.82, 2.24) is 0 Å². The molecule has 0 saturated carbocycles. The highest BCUT2D eigenvalue weighted by atomic mass is 79.9. The Kier molecular flexibility index (Phi) is 5.72. The fourth-order valence-electron chi connectivity index (χ4n) is 2.38. The molecule has 112 valence electrons. The van der Waals surface area contributed by atoms with Gasteiger partial charge >= 0.3 is 0 Å². The van der Waals surface area contributed by atoms with E-state index in [0.717, 1.165) is 17.7 Å². The van der Waals surface area contributed by atoms with Gasteiger partial charge in [-0.15, -0.1) is 0 Å². The number of hydrogen-bond donors (Lipinski definition) is 0. The number of methoxy groups -OCH3 is 1. The topological polar surface area (TPSA) is 9.23 Å². The Hall–Kier alpha value is -0.990. The highest BCUT2D eigenvalue weighted by Gasteiger charge is 2.16. The molecule has 0 aliphatic heterocycles. The Morgan fingerprint density at radius 2 is 1.76 bits per heavy atom. The number of benzene rings is 2. The Labute approximate surface area is 140 Å². The van der Waals surface area contributed by atoms with Crippen LogP contribution in [0.1, 0.15) is 35.4 Å². The van der Waals surface area contributed by atoms with Crippen LogP contribution in [0.2, 0.25) is 5.02 Å². The molecule has 0 aliphatic carbocycles. The zero-order valence-corrected chi connectivity index (χ0v) is 14.9. The standard InChI is InChI=1S/C18H20BrClO/c1-12(2)10-13-4-6-14(7-5-13)18(19)16-11-15(20)8-9-17(16)21-3/h4-9,11-12,18H,10H2,1-3H3. The lowest BCUT2D eigenvalue weighted by Gasteiger charge is -2.16. The van der Waals surface area contributed by atoms with E-state index >= 15 is 0 Å². The van der Waals surface area contributed by atoms with Crippen LogP contribution in [0.5, 0.6) is 5.75 Å². The van der Waals surface area contributed by atoms with Crippen molar-refractivity contribution in [2.24, 2.45) is 5.92 Å². The molecule has 3 heteroatoms. The summed E-state index contributed by atoms with van der Waals surface area (Å²) in [5, 5.41) is 0.715. The fourth-order valence-corrected chi connectivity index (χ4v) is 3.22. The van der Waals surface area contributed by atoms with Gasteiger partial charge in [0.25, 0.3) is 0 Å². The number of hydrogen-bond acceptors (Lipinski definition) is 1. The molecular weight excluding hydrogens is 348 g/mol. The van der Waals surface area contributed by atoms with Gasteiger partial charge in [-0.25, -0.2) is 0 Å². The summed E-state index contributed by atoms with van der Waals surface area (Å²) in [5.74, 6) is 1.51. The predicted octanol–water partition coefficient (Wildman–Crippen LogP) is 6.03. The summed E-state index contributed by atoms with van der Waals surface area (Å²) in [6.45, 7) is 4.47. The molecule has 1 unspecified atom stereocenters. The number of alkyl halides is 1. The highest BCUT2D eigenvalue weighted by molar-refractivity contribution is 9.09. The Morgan fingerprint density at radius 3 is 2.33 bits per heavy atom. The summed E-state index contributed by atoms with van der Waals surface area (Å²) >= 11 is 9.87. The third-order valence-corrected chi connectivity index (χ3v) is 4.64. The largest absolute Gasteiger partial charge is 0.496 e. The molecule has 21 heavy (non-hydrogen) atoms. The number of rotatable bonds is 5. The second kappa shape index (κ2) is 7.33. The summed E-state index contributed by atoms with van der Waals surface area (Å²) in [6.07, 6.45) is 1.10. The summed E-state index contributed by atoms with van der Waals surface area (Å²) in [5.41, 5.74) is 3.61. The third-order valence-electron chi connectivity index (χ3n) is 3.38. The SMILES string of the molecule is COc1ccc(Cl)cc1C(Br)c1ccc(CC(C)C)cc1. The van der Waals surface area contributed by atoms with Crippen molar-refractivity contribution in [1.29, 1.82) is 0 Å². The van der Waals surface area contributed by atoms with Gasteiger partial charge in [-0.3, -0.25) is 0 Å². The van der Waals surface area contributed by atoms with E-state index in [-0.39, 0.29) is 4.83 Å². The van der Waals surface area contributed by atoms with E-state index in [9.17, 15) is 0 Å². The van der Waals surface area contributed by atoms with Crippen LogP contribution in [0.4, 0.5) is 0 Å². The fraction of sp³-hybridized carbons (Fsp3) is 0.333. The second-order valence-corrected chi connectivity index (χ2v) is 6.94. The van der Waals surface area contributed by atoms with Gasteiger partial charge in [-0.2, -0.15) is 0 Å². The van der Waals surface area contributed by atoms with Crippen LogP contribution in [0.3, 0.4) is 0 Å². The molecule has 0 amide bonds. The number of halogens is 2. The van der Waals surface area contributed by atoms with Crippen molar-refractivity contribution in [2.45, 2.75) is 25.1 Å². The smallest absolute Gasteiger partial charge is 0.123 e. The van der Waals surface area contributed by atoms with Crippen LogP contribution in [0.25, 0.3) is 0 Å².